The summed E-state index contributed by atoms with van der Waals surface area (Å²) < 4.78 is 12.5. The molecule has 0 bridgehead atoms. The number of methoxy groups -OCH3 is 1. The molecule has 0 aromatic heterocycles. The predicted molar refractivity (Wildman–Crippen MR) is 144 cm³/mol. The quantitative estimate of drug-likeness (QED) is 0.130. The van der Waals surface area contributed by atoms with Crippen molar-refractivity contribution in [2.24, 2.45) is 0 Å². The number of halogens is 3. The van der Waals surface area contributed by atoms with Gasteiger partial charge in [-0.25, -0.2) is 0 Å². The summed E-state index contributed by atoms with van der Waals surface area (Å²) in [5.74, 6) is 1.22. The van der Waals surface area contributed by atoms with Crippen molar-refractivity contribution in [3.05, 3.63) is 103 Å². The van der Waals surface area contributed by atoms with Crippen LogP contribution in [-0.2, 0) is 6.61 Å². The summed E-state index contributed by atoms with van der Waals surface area (Å²) in [7, 11) is 1.60. The number of hydrogen-bond donors (Lipinski definition) is 0. The smallest absolute Gasteiger partial charge is 0.174 e. The van der Waals surface area contributed by atoms with Crippen LogP contribution < -0.4 is 9.47 Å². The van der Waals surface area contributed by atoms with Gasteiger partial charge in [-0.3, -0.25) is 0 Å². The molecular weight excluding hydrogens is 568 g/mol. The third-order valence-corrected chi connectivity index (χ3v) is 6.65. The second kappa shape index (κ2) is 10.5. The van der Waals surface area contributed by atoms with Crippen LogP contribution in [0.4, 0.5) is 0 Å². The Bertz CT molecular complexity index is 1410. The Labute approximate surface area is 216 Å². The summed E-state index contributed by atoms with van der Waals surface area (Å²) in [6.07, 6.45) is 1.86. The van der Waals surface area contributed by atoms with E-state index in [0.717, 1.165) is 31.0 Å². The molecular formula is C27H18Cl2INO2. The van der Waals surface area contributed by atoms with Crippen LogP contribution in [0, 0.1) is 14.9 Å². The molecule has 0 saturated heterocycles. The van der Waals surface area contributed by atoms with Gasteiger partial charge in [0.2, 0.25) is 0 Å². The molecule has 4 aromatic rings. The summed E-state index contributed by atoms with van der Waals surface area (Å²) in [6, 6.07) is 25.7. The zero-order chi connectivity index (χ0) is 23.4. The second-order valence-electron chi connectivity index (χ2n) is 7.30. The van der Waals surface area contributed by atoms with Crippen molar-refractivity contribution in [3.8, 4) is 17.6 Å². The van der Waals surface area contributed by atoms with Crippen molar-refractivity contribution >= 4 is 68.2 Å². The molecule has 0 amide bonds. The maximum Gasteiger partial charge on any atom is 0.174 e. The molecule has 164 valence electrons. The minimum Gasteiger partial charge on any atom is -0.493 e. The van der Waals surface area contributed by atoms with Crippen molar-refractivity contribution in [1.29, 1.82) is 5.26 Å². The minimum atomic E-state index is 0.318. The monoisotopic (exact) mass is 585 g/mol. The lowest BCUT2D eigenvalue weighted by atomic mass is 10.00. The van der Waals surface area contributed by atoms with Crippen LogP contribution in [0.5, 0.6) is 11.5 Å². The van der Waals surface area contributed by atoms with E-state index in [0.29, 0.717) is 33.7 Å². The summed E-state index contributed by atoms with van der Waals surface area (Å²) in [6.45, 7) is 0.318. The number of nitrogens with zero attached hydrogens (tertiary/aromatic N) is 1. The lowest BCUT2D eigenvalue weighted by Crippen LogP contribution is -2.00. The lowest BCUT2D eigenvalue weighted by molar-refractivity contribution is 0.282. The molecule has 0 fully saturated rings. The van der Waals surface area contributed by atoms with Gasteiger partial charge in [-0.1, -0.05) is 65.7 Å². The fraction of sp³-hybridized carbons (Fsp3) is 0.0741. The predicted octanol–water partition coefficient (Wildman–Crippen LogP) is 8.40. The molecule has 4 rings (SSSR count). The van der Waals surface area contributed by atoms with E-state index in [4.69, 9.17) is 32.7 Å². The van der Waals surface area contributed by atoms with Crippen LogP contribution in [0.2, 0.25) is 10.0 Å². The van der Waals surface area contributed by atoms with Crippen LogP contribution in [0.25, 0.3) is 22.4 Å². The molecule has 0 aliphatic rings. The first kappa shape index (κ1) is 23.4. The van der Waals surface area contributed by atoms with Crippen molar-refractivity contribution < 1.29 is 9.47 Å². The van der Waals surface area contributed by atoms with Gasteiger partial charge in [-0.05, 0) is 86.5 Å². The first-order valence-electron chi connectivity index (χ1n) is 10.0. The van der Waals surface area contributed by atoms with Gasteiger partial charge >= 0.3 is 0 Å². The molecule has 0 radical (unpaired) electrons. The highest BCUT2D eigenvalue weighted by molar-refractivity contribution is 14.1. The van der Waals surface area contributed by atoms with E-state index in [1.165, 1.54) is 0 Å². The molecule has 0 N–H and O–H groups in total. The largest absolute Gasteiger partial charge is 0.493 e. The molecule has 0 saturated carbocycles. The Morgan fingerprint density at radius 3 is 2.48 bits per heavy atom. The number of fused-ring (bicyclic) bond motifs is 1. The van der Waals surface area contributed by atoms with Crippen LogP contribution in [0.1, 0.15) is 16.7 Å². The molecule has 0 heterocycles. The van der Waals surface area contributed by atoms with Crippen molar-refractivity contribution in [2.75, 3.05) is 7.11 Å². The highest BCUT2D eigenvalue weighted by Crippen LogP contribution is 2.36. The Morgan fingerprint density at radius 1 is 0.970 bits per heavy atom. The average molecular weight is 586 g/mol. The minimum absolute atomic E-state index is 0.318. The van der Waals surface area contributed by atoms with Gasteiger partial charge in [-0.2, -0.15) is 5.26 Å². The molecule has 3 nitrogen and oxygen atoms in total. The van der Waals surface area contributed by atoms with E-state index in [9.17, 15) is 5.26 Å². The van der Waals surface area contributed by atoms with Crippen LogP contribution in [-0.4, -0.2) is 7.11 Å². The fourth-order valence-electron chi connectivity index (χ4n) is 3.45. The zero-order valence-corrected chi connectivity index (χ0v) is 21.3. The number of hydrogen-bond acceptors (Lipinski definition) is 3. The number of allylic oxidation sites excluding steroid dienone is 1. The molecule has 4 aromatic carbocycles. The highest BCUT2D eigenvalue weighted by Gasteiger charge is 2.13. The first-order chi connectivity index (χ1) is 16.0. The second-order valence-corrected chi connectivity index (χ2v) is 9.28. The van der Waals surface area contributed by atoms with Gasteiger partial charge < -0.3 is 9.47 Å². The van der Waals surface area contributed by atoms with Crippen LogP contribution in [0.15, 0.2) is 72.8 Å². The third-order valence-electron chi connectivity index (χ3n) is 5.11. The van der Waals surface area contributed by atoms with Gasteiger partial charge in [0.05, 0.1) is 32.4 Å². The normalized spacial score (nSPS) is 11.3. The maximum absolute atomic E-state index is 9.82. The molecule has 0 atom stereocenters. The molecule has 0 spiro atoms. The Kier molecular flexibility index (Phi) is 7.44. The van der Waals surface area contributed by atoms with E-state index in [1.54, 1.807) is 19.2 Å². The Balaban J connectivity index is 1.63. The molecule has 0 aliphatic carbocycles. The zero-order valence-electron chi connectivity index (χ0n) is 17.6. The van der Waals surface area contributed by atoms with Gasteiger partial charge in [0, 0.05) is 0 Å². The van der Waals surface area contributed by atoms with Gasteiger partial charge in [0.15, 0.2) is 11.5 Å². The topological polar surface area (TPSA) is 42.2 Å². The SMILES string of the molecule is COc1cc(/C=C(/C#N)c2ccc3ccccc3c2)cc(I)c1OCc1ccc(Cl)c(Cl)c1. The first-order valence-corrected chi connectivity index (χ1v) is 11.9. The van der Waals surface area contributed by atoms with E-state index in [2.05, 4.69) is 34.7 Å². The molecule has 0 unspecified atom stereocenters. The van der Waals surface area contributed by atoms with Crippen LogP contribution in [0.3, 0.4) is 0 Å². The average Bonchev–Trinajstić information content (AvgIpc) is 2.83. The van der Waals surface area contributed by atoms with Gasteiger partial charge in [-0.15, -0.1) is 0 Å². The number of rotatable bonds is 6. The molecule has 6 heteroatoms. The van der Waals surface area contributed by atoms with Crippen molar-refractivity contribution in [1.82, 2.24) is 0 Å². The van der Waals surface area contributed by atoms with Crippen molar-refractivity contribution in [3.63, 3.8) is 0 Å². The van der Waals surface area contributed by atoms with E-state index in [-0.39, 0.29) is 0 Å². The summed E-state index contributed by atoms with van der Waals surface area (Å²) in [4.78, 5) is 0. The van der Waals surface area contributed by atoms with Crippen molar-refractivity contribution in [2.45, 2.75) is 6.61 Å². The maximum atomic E-state index is 9.82. The summed E-state index contributed by atoms with van der Waals surface area (Å²) in [5.41, 5.74) is 3.19. The molecule has 0 aliphatic heterocycles. The highest BCUT2D eigenvalue weighted by atomic mass is 127. The van der Waals surface area contributed by atoms with Gasteiger partial charge in [0.25, 0.3) is 0 Å². The number of benzene rings is 4. The summed E-state index contributed by atoms with van der Waals surface area (Å²) >= 11 is 14.3. The third kappa shape index (κ3) is 5.44. The number of nitriles is 1. The van der Waals surface area contributed by atoms with Gasteiger partial charge in [0.1, 0.15) is 6.61 Å². The summed E-state index contributed by atoms with van der Waals surface area (Å²) in [5, 5.41) is 13.0. The Morgan fingerprint density at radius 2 is 1.76 bits per heavy atom. The van der Waals surface area contributed by atoms with E-state index in [1.807, 2.05) is 60.7 Å². The van der Waals surface area contributed by atoms with Crippen LogP contribution >= 0.6 is 45.8 Å². The molecule has 33 heavy (non-hydrogen) atoms. The fourth-order valence-corrected chi connectivity index (χ4v) is 4.55. The number of ether oxygens (including phenoxy) is 2. The standard InChI is InChI=1S/C27H18Cl2INO2/c1-32-26-13-18(10-22(15-31)21-8-7-19-4-2-3-5-20(19)14-21)12-25(30)27(26)33-16-17-6-9-23(28)24(29)11-17/h2-14H,16H2,1H3/b22-10-. The van der Waals surface area contributed by atoms with E-state index < -0.39 is 0 Å². The van der Waals surface area contributed by atoms with E-state index >= 15 is 0 Å². The lowest BCUT2D eigenvalue weighted by Gasteiger charge is -2.14. The Hall–Kier alpha value is -2.72.